The third-order valence-corrected chi connectivity index (χ3v) is 7.76. The van der Waals surface area contributed by atoms with E-state index in [-0.39, 0.29) is 23.8 Å². The molecule has 2 aliphatic heterocycles. The number of hydrogen-bond acceptors (Lipinski definition) is 6. The van der Waals surface area contributed by atoms with Gasteiger partial charge in [0, 0.05) is 30.0 Å². The van der Waals surface area contributed by atoms with E-state index in [2.05, 4.69) is 34.5 Å². The first kappa shape index (κ1) is 22.1. The van der Waals surface area contributed by atoms with Crippen molar-refractivity contribution >= 4 is 33.8 Å². The first-order valence-corrected chi connectivity index (χ1v) is 12.2. The summed E-state index contributed by atoms with van der Waals surface area (Å²) in [5.41, 5.74) is 2.30. The Morgan fingerprint density at radius 3 is 2.73 bits per heavy atom. The number of fused-ring (bicyclic) bond motifs is 3. The molecule has 2 atom stereocenters. The fourth-order valence-corrected chi connectivity index (χ4v) is 5.48. The van der Waals surface area contributed by atoms with E-state index < -0.39 is 0 Å². The molecule has 5 rings (SSSR count). The zero-order valence-corrected chi connectivity index (χ0v) is 19.7. The van der Waals surface area contributed by atoms with Crippen LogP contribution in [0.2, 0.25) is 0 Å². The van der Waals surface area contributed by atoms with Gasteiger partial charge in [0.1, 0.15) is 11.9 Å². The van der Waals surface area contributed by atoms with E-state index in [0.717, 1.165) is 46.0 Å². The van der Waals surface area contributed by atoms with E-state index in [1.165, 1.54) is 22.3 Å². The molecule has 0 bridgehead atoms. The maximum absolute atomic E-state index is 12.6. The van der Waals surface area contributed by atoms with E-state index in [0.29, 0.717) is 19.8 Å². The topological polar surface area (TPSA) is 67.9 Å². The standard InChI is InChI=1S/C26H28N2O4S/c1-16(28-9-11-31-12-10-28)26(30)27-15-20-14-22-21-5-3-19(13-18(21)4-6-23(22)32-20)25-8-7-24(33-25)17(2)29/h3-8,13,16,20H,9-12,14-15H2,1-2H3,(H,27,30). The zero-order chi connectivity index (χ0) is 22.9. The minimum atomic E-state index is -0.169. The number of hydrogen-bond donors (Lipinski definition) is 1. The summed E-state index contributed by atoms with van der Waals surface area (Å²) in [6.07, 6.45) is 0.702. The van der Waals surface area contributed by atoms with Crippen LogP contribution in [0, 0.1) is 0 Å². The molecule has 3 heterocycles. The molecule has 33 heavy (non-hydrogen) atoms. The molecule has 1 N–H and O–H groups in total. The molecule has 1 fully saturated rings. The van der Waals surface area contributed by atoms with Crippen molar-refractivity contribution in [2.45, 2.75) is 32.4 Å². The monoisotopic (exact) mass is 464 g/mol. The summed E-state index contributed by atoms with van der Waals surface area (Å²) >= 11 is 1.53. The molecular formula is C26H28N2O4S. The van der Waals surface area contributed by atoms with Gasteiger partial charge in [-0.25, -0.2) is 0 Å². The van der Waals surface area contributed by atoms with Gasteiger partial charge in [-0.1, -0.05) is 18.2 Å². The normalized spacial score (nSPS) is 19.2. The number of amides is 1. The van der Waals surface area contributed by atoms with Crippen molar-refractivity contribution in [3.05, 3.63) is 52.9 Å². The molecule has 172 valence electrons. The number of rotatable bonds is 6. The summed E-state index contributed by atoms with van der Waals surface area (Å²) in [7, 11) is 0. The van der Waals surface area contributed by atoms with E-state index in [1.807, 2.05) is 25.1 Å². The number of nitrogens with zero attached hydrogens (tertiary/aromatic N) is 1. The smallest absolute Gasteiger partial charge is 0.237 e. The fourth-order valence-electron chi connectivity index (χ4n) is 4.59. The van der Waals surface area contributed by atoms with Crippen molar-refractivity contribution in [2.75, 3.05) is 32.8 Å². The van der Waals surface area contributed by atoms with Gasteiger partial charge in [-0.2, -0.15) is 0 Å². The summed E-state index contributed by atoms with van der Waals surface area (Å²) in [4.78, 5) is 28.3. The minimum absolute atomic E-state index is 0.0341. The summed E-state index contributed by atoms with van der Waals surface area (Å²) in [6, 6.07) is 14.3. The van der Waals surface area contributed by atoms with Crippen LogP contribution in [-0.2, 0) is 16.0 Å². The van der Waals surface area contributed by atoms with Crippen molar-refractivity contribution in [2.24, 2.45) is 0 Å². The molecule has 1 saturated heterocycles. The van der Waals surface area contributed by atoms with Gasteiger partial charge in [-0.15, -0.1) is 11.3 Å². The predicted octanol–water partition coefficient (Wildman–Crippen LogP) is 3.91. The molecule has 0 saturated carbocycles. The van der Waals surface area contributed by atoms with Crippen LogP contribution < -0.4 is 10.1 Å². The Morgan fingerprint density at radius 1 is 1.15 bits per heavy atom. The second-order valence-corrected chi connectivity index (χ2v) is 9.80. The first-order chi connectivity index (χ1) is 16.0. The first-order valence-electron chi connectivity index (χ1n) is 11.4. The second kappa shape index (κ2) is 9.25. The lowest BCUT2D eigenvalue weighted by Crippen LogP contribution is -2.50. The molecule has 2 aliphatic rings. The van der Waals surface area contributed by atoms with Gasteiger partial charge in [-0.3, -0.25) is 14.5 Å². The average molecular weight is 465 g/mol. The van der Waals surface area contributed by atoms with Gasteiger partial charge in [-0.05, 0) is 54.4 Å². The Balaban J connectivity index is 1.26. The van der Waals surface area contributed by atoms with Crippen molar-refractivity contribution in [1.82, 2.24) is 10.2 Å². The van der Waals surface area contributed by atoms with Gasteiger partial charge >= 0.3 is 0 Å². The molecule has 2 unspecified atom stereocenters. The highest BCUT2D eigenvalue weighted by atomic mass is 32.1. The predicted molar refractivity (Wildman–Crippen MR) is 130 cm³/mol. The lowest BCUT2D eigenvalue weighted by Gasteiger charge is -2.31. The number of carbonyl (C=O) groups is 2. The van der Waals surface area contributed by atoms with E-state index in [1.54, 1.807) is 6.92 Å². The van der Waals surface area contributed by atoms with Crippen molar-refractivity contribution in [1.29, 1.82) is 0 Å². The highest BCUT2D eigenvalue weighted by Gasteiger charge is 2.27. The van der Waals surface area contributed by atoms with Gasteiger partial charge in [0.25, 0.3) is 0 Å². The Labute approximate surface area is 197 Å². The molecule has 0 radical (unpaired) electrons. The number of carbonyl (C=O) groups excluding carboxylic acids is 2. The number of Topliss-reactive ketones (excluding diaryl/α,β-unsaturated/α-hetero) is 1. The van der Waals surface area contributed by atoms with Gasteiger partial charge in [0.05, 0.1) is 30.7 Å². The van der Waals surface area contributed by atoms with Crippen LogP contribution in [0.4, 0.5) is 0 Å². The van der Waals surface area contributed by atoms with Crippen LogP contribution in [0.5, 0.6) is 5.75 Å². The van der Waals surface area contributed by atoms with Crippen molar-refractivity contribution in [3.8, 4) is 16.2 Å². The zero-order valence-electron chi connectivity index (χ0n) is 18.9. The molecule has 0 spiro atoms. The highest BCUT2D eigenvalue weighted by molar-refractivity contribution is 7.17. The van der Waals surface area contributed by atoms with E-state index in [4.69, 9.17) is 9.47 Å². The summed E-state index contributed by atoms with van der Waals surface area (Å²) in [6.45, 7) is 6.97. The number of nitrogens with one attached hydrogen (secondary N) is 1. The Bertz CT molecular complexity index is 1200. The Hall–Kier alpha value is -2.74. The molecule has 0 aliphatic carbocycles. The quantitative estimate of drug-likeness (QED) is 0.560. The largest absolute Gasteiger partial charge is 0.488 e. The molecule has 7 heteroatoms. The van der Waals surface area contributed by atoms with Gasteiger partial charge in [0.2, 0.25) is 5.91 Å². The van der Waals surface area contributed by atoms with Crippen LogP contribution in [0.3, 0.4) is 0 Å². The summed E-state index contributed by atoms with van der Waals surface area (Å²) in [5.74, 6) is 1.03. The van der Waals surface area contributed by atoms with Crippen LogP contribution in [0.15, 0.2) is 42.5 Å². The van der Waals surface area contributed by atoms with Crippen LogP contribution in [0.25, 0.3) is 21.2 Å². The number of ketones is 1. The Kier molecular flexibility index (Phi) is 6.19. The molecular weight excluding hydrogens is 436 g/mol. The molecule has 1 amide bonds. The van der Waals surface area contributed by atoms with Gasteiger partial charge in [0.15, 0.2) is 5.78 Å². The molecule has 2 aromatic carbocycles. The average Bonchev–Trinajstić information content (AvgIpc) is 3.50. The van der Waals surface area contributed by atoms with Crippen LogP contribution in [0.1, 0.15) is 29.1 Å². The summed E-state index contributed by atoms with van der Waals surface area (Å²) < 4.78 is 11.5. The summed E-state index contributed by atoms with van der Waals surface area (Å²) in [5, 5.41) is 5.40. The number of morpholine rings is 1. The fraction of sp³-hybridized carbons (Fsp3) is 0.385. The number of benzene rings is 2. The lowest BCUT2D eigenvalue weighted by molar-refractivity contribution is -0.127. The minimum Gasteiger partial charge on any atom is -0.488 e. The Morgan fingerprint density at radius 2 is 1.97 bits per heavy atom. The lowest BCUT2D eigenvalue weighted by atomic mass is 9.98. The van der Waals surface area contributed by atoms with Gasteiger partial charge < -0.3 is 14.8 Å². The van der Waals surface area contributed by atoms with E-state index in [9.17, 15) is 9.59 Å². The van der Waals surface area contributed by atoms with Crippen LogP contribution >= 0.6 is 11.3 Å². The van der Waals surface area contributed by atoms with Crippen molar-refractivity contribution < 1.29 is 19.1 Å². The number of thiophene rings is 1. The SMILES string of the molecule is CC(=O)c1ccc(-c2ccc3c4c(ccc3c2)OC(CNC(=O)C(C)N2CCOCC2)C4)s1. The maximum atomic E-state index is 12.6. The maximum Gasteiger partial charge on any atom is 0.237 e. The molecule has 6 nitrogen and oxygen atoms in total. The second-order valence-electron chi connectivity index (χ2n) is 8.71. The number of ether oxygens (including phenoxy) is 2. The third-order valence-electron chi connectivity index (χ3n) is 6.53. The molecule has 3 aromatic rings. The molecule has 1 aromatic heterocycles. The van der Waals surface area contributed by atoms with Crippen LogP contribution in [-0.4, -0.2) is 61.6 Å². The van der Waals surface area contributed by atoms with E-state index >= 15 is 0 Å². The highest BCUT2D eigenvalue weighted by Crippen LogP contribution is 2.37. The third kappa shape index (κ3) is 4.53. The van der Waals surface area contributed by atoms with Crippen molar-refractivity contribution in [3.63, 3.8) is 0 Å².